The molecule has 4 heterocycles. The number of para-hydroxylation sites is 4. The van der Waals surface area contributed by atoms with E-state index in [1.807, 2.05) is 72.8 Å². The molecule has 6 heteroatoms. The predicted molar refractivity (Wildman–Crippen MR) is 113 cm³/mol. The summed E-state index contributed by atoms with van der Waals surface area (Å²) in [4.78, 5) is 18.1. The Morgan fingerprint density at radius 3 is 1.47 bits per heavy atom. The third-order valence-corrected chi connectivity index (χ3v) is 4.86. The molecule has 0 aliphatic carbocycles. The second kappa shape index (κ2) is 6.63. The maximum atomic E-state index is 5.89. The lowest BCUT2D eigenvalue weighted by molar-refractivity contribution is 0.619. The van der Waals surface area contributed by atoms with E-state index in [1.165, 1.54) is 0 Å². The smallest absolute Gasteiger partial charge is 0.227 e. The van der Waals surface area contributed by atoms with E-state index in [2.05, 4.69) is 19.9 Å². The minimum Gasteiger partial charge on any atom is -0.436 e. The highest BCUT2D eigenvalue weighted by molar-refractivity contribution is 5.78. The number of benzene rings is 2. The number of aromatic nitrogens is 4. The van der Waals surface area contributed by atoms with Crippen molar-refractivity contribution < 1.29 is 8.83 Å². The Balaban J connectivity index is 1.41. The van der Waals surface area contributed by atoms with Crippen molar-refractivity contribution in [1.82, 2.24) is 19.9 Å². The largest absolute Gasteiger partial charge is 0.436 e. The molecule has 6 aromatic rings. The fourth-order valence-electron chi connectivity index (χ4n) is 3.40. The van der Waals surface area contributed by atoms with E-state index >= 15 is 0 Å². The molecule has 6 rings (SSSR count). The minimum atomic E-state index is 0.551. The highest BCUT2D eigenvalue weighted by Crippen LogP contribution is 2.29. The van der Waals surface area contributed by atoms with Gasteiger partial charge in [-0.15, -0.1) is 0 Å². The molecule has 4 aromatic heterocycles. The summed E-state index contributed by atoms with van der Waals surface area (Å²) >= 11 is 0. The summed E-state index contributed by atoms with van der Waals surface area (Å²) in [7, 11) is 0. The van der Waals surface area contributed by atoms with E-state index in [1.54, 1.807) is 12.4 Å². The standard InChI is InChI=1S/C24H14N4O2/c1-3-7-21-17(5-1)27-23(29-21)15-9-11-25-19(13-15)20-14-16(10-12-26-20)24-28-18-6-2-4-8-22(18)30-24/h1-14H. The van der Waals surface area contributed by atoms with Gasteiger partial charge in [-0.1, -0.05) is 24.3 Å². The second-order valence-electron chi connectivity index (χ2n) is 6.83. The normalized spacial score (nSPS) is 11.3. The molecule has 0 fully saturated rings. The molecule has 0 amide bonds. The first-order valence-corrected chi connectivity index (χ1v) is 9.48. The van der Waals surface area contributed by atoms with Gasteiger partial charge < -0.3 is 8.83 Å². The van der Waals surface area contributed by atoms with E-state index in [9.17, 15) is 0 Å². The summed E-state index contributed by atoms with van der Waals surface area (Å²) in [5.41, 5.74) is 6.25. The summed E-state index contributed by atoms with van der Waals surface area (Å²) in [6, 6.07) is 23.0. The maximum Gasteiger partial charge on any atom is 0.227 e. The first-order valence-electron chi connectivity index (χ1n) is 9.48. The van der Waals surface area contributed by atoms with Crippen LogP contribution < -0.4 is 0 Å². The van der Waals surface area contributed by atoms with Crippen molar-refractivity contribution in [2.45, 2.75) is 0 Å². The van der Waals surface area contributed by atoms with Crippen LogP contribution in [0.3, 0.4) is 0 Å². The molecule has 6 nitrogen and oxygen atoms in total. The molecule has 0 radical (unpaired) electrons. The van der Waals surface area contributed by atoms with Gasteiger partial charge in [0.15, 0.2) is 11.2 Å². The first kappa shape index (κ1) is 16.6. The SMILES string of the molecule is c1ccc2oc(-c3ccnc(-c4cc(-c5nc6ccccc6o5)ccn4)c3)nc2c1. The van der Waals surface area contributed by atoms with Crippen LogP contribution in [0.25, 0.3) is 56.5 Å². The van der Waals surface area contributed by atoms with Crippen LogP contribution in [0.2, 0.25) is 0 Å². The number of hydrogen-bond donors (Lipinski definition) is 0. The summed E-state index contributed by atoms with van der Waals surface area (Å²) < 4.78 is 11.8. The molecule has 0 saturated heterocycles. The lowest BCUT2D eigenvalue weighted by atomic mass is 10.1. The van der Waals surface area contributed by atoms with Gasteiger partial charge >= 0.3 is 0 Å². The van der Waals surface area contributed by atoms with Gasteiger partial charge in [-0.2, -0.15) is 0 Å². The van der Waals surface area contributed by atoms with Crippen molar-refractivity contribution in [1.29, 1.82) is 0 Å². The van der Waals surface area contributed by atoms with Crippen LogP contribution in [0, 0.1) is 0 Å². The van der Waals surface area contributed by atoms with E-state index < -0.39 is 0 Å². The molecular formula is C24H14N4O2. The lowest BCUT2D eigenvalue weighted by Gasteiger charge is -2.03. The fraction of sp³-hybridized carbons (Fsp3) is 0. The van der Waals surface area contributed by atoms with Crippen molar-refractivity contribution >= 4 is 22.2 Å². The van der Waals surface area contributed by atoms with Gasteiger partial charge in [0.25, 0.3) is 0 Å². The Morgan fingerprint density at radius 1 is 0.533 bits per heavy atom. The van der Waals surface area contributed by atoms with Gasteiger partial charge in [0.1, 0.15) is 11.0 Å². The zero-order valence-electron chi connectivity index (χ0n) is 15.7. The Morgan fingerprint density at radius 2 is 1.00 bits per heavy atom. The van der Waals surface area contributed by atoms with Crippen LogP contribution in [0.5, 0.6) is 0 Å². The van der Waals surface area contributed by atoms with Crippen LogP contribution in [0.15, 0.2) is 94.0 Å². The van der Waals surface area contributed by atoms with E-state index in [-0.39, 0.29) is 0 Å². The molecule has 0 N–H and O–H groups in total. The van der Waals surface area contributed by atoms with Crippen molar-refractivity contribution in [3.8, 4) is 34.3 Å². The van der Waals surface area contributed by atoms with Gasteiger partial charge in [-0.25, -0.2) is 9.97 Å². The summed E-state index contributed by atoms with van der Waals surface area (Å²) in [5, 5.41) is 0. The molecule has 0 atom stereocenters. The number of oxazole rings is 2. The van der Waals surface area contributed by atoms with Gasteiger partial charge in [0.2, 0.25) is 11.8 Å². The molecular weight excluding hydrogens is 376 g/mol. The molecule has 0 saturated carbocycles. The molecule has 142 valence electrons. The second-order valence-corrected chi connectivity index (χ2v) is 6.83. The predicted octanol–water partition coefficient (Wildman–Crippen LogP) is 5.76. The number of hydrogen-bond acceptors (Lipinski definition) is 6. The third kappa shape index (κ3) is 2.82. The summed E-state index contributed by atoms with van der Waals surface area (Å²) in [5.74, 6) is 1.10. The van der Waals surface area contributed by atoms with Gasteiger partial charge in [-0.05, 0) is 48.5 Å². The Bertz CT molecular complexity index is 1330. The quantitative estimate of drug-likeness (QED) is 0.382. The molecule has 0 bridgehead atoms. The zero-order valence-corrected chi connectivity index (χ0v) is 15.7. The van der Waals surface area contributed by atoms with Crippen molar-refractivity contribution in [3.05, 3.63) is 85.2 Å². The number of pyridine rings is 2. The van der Waals surface area contributed by atoms with Crippen LogP contribution in [-0.4, -0.2) is 19.9 Å². The van der Waals surface area contributed by atoms with Crippen LogP contribution >= 0.6 is 0 Å². The third-order valence-electron chi connectivity index (χ3n) is 4.86. The Hall–Kier alpha value is -4.32. The molecule has 0 aliphatic rings. The monoisotopic (exact) mass is 390 g/mol. The fourth-order valence-corrected chi connectivity index (χ4v) is 3.40. The van der Waals surface area contributed by atoms with E-state index in [0.29, 0.717) is 23.2 Å². The number of nitrogens with zero attached hydrogens (tertiary/aromatic N) is 4. The highest BCUT2D eigenvalue weighted by Gasteiger charge is 2.13. The average molecular weight is 390 g/mol. The molecule has 2 aromatic carbocycles. The minimum absolute atomic E-state index is 0.551. The summed E-state index contributed by atoms with van der Waals surface area (Å²) in [6.45, 7) is 0. The van der Waals surface area contributed by atoms with Crippen molar-refractivity contribution in [2.75, 3.05) is 0 Å². The summed E-state index contributed by atoms with van der Waals surface area (Å²) in [6.07, 6.45) is 3.46. The molecule has 30 heavy (non-hydrogen) atoms. The highest BCUT2D eigenvalue weighted by atomic mass is 16.4. The van der Waals surface area contributed by atoms with Crippen molar-refractivity contribution in [3.63, 3.8) is 0 Å². The Kier molecular flexibility index (Phi) is 3.67. The maximum absolute atomic E-state index is 5.89. The van der Waals surface area contributed by atoms with Crippen LogP contribution in [-0.2, 0) is 0 Å². The molecule has 0 unspecified atom stereocenters. The topological polar surface area (TPSA) is 77.8 Å². The number of rotatable bonds is 3. The Labute approximate surface area is 170 Å². The van der Waals surface area contributed by atoms with Gasteiger partial charge in [0, 0.05) is 23.5 Å². The van der Waals surface area contributed by atoms with Crippen LogP contribution in [0.1, 0.15) is 0 Å². The van der Waals surface area contributed by atoms with E-state index in [0.717, 1.165) is 33.3 Å². The van der Waals surface area contributed by atoms with Gasteiger partial charge in [0.05, 0.1) is 11.4 Å². The van der Waals surface area contributed by atoms with Crippen LogP contribution in [0.4, 0.5) is 0 Å². The lowest BCUT2D eigenvalue weighted by Crippen LogP contribution is -1.89. The molecule has 0 aliphatic heterocycles. The van der Waals surface area contributed by atoms with E-state index in [4.69, 9.17) is 8.83 Å². The first-order chi connectivity index (χ1) is 14.8. The molecule has 0 spiro atoms. The average Bonchev–Trinajstić information content (AvgIpc) is 3.44. The number of fused-ring (bicyclic) bond motifs is 2. The zero-order chi connectivity index (χ0) is 19.9. The van der Waals surface area contributed by atoms with Gasteiger partial charge in [-0.3, -0.25) is 9.97 Å². The van der Waals surface area contributed by atoms with Crippen molar-refractivity contribution in [2.24, 2.45) is 0 Å².